The zero-order valence-electron chi connectivity index (χ0n) is 7.71. The molecule has 0 spiro atoms. The van der Waals surface area contributed by atoms with Crippen LogP contribution in [0.5, 0.6) is 0 Å². The van der Waals surface area contributed by atoms with Crippen molar-refractivity contribution in [3.8, 4) is 0 Å². The molecule has 4 heteroatoms. The molecule has 2 rings (SSSR count). The highest BCUT2D eigenvalue weighted by atomic mass is 19.1. The molecule has 0 unspecified atom stereocenters. The van der Waals surface area contributed by atoms with Crippen molar-refractivity contribution in [2.75, 3.05) is 5.32 Å². The third kappa shape index (κ3) is 2.00. The Balaban J connectivity index is 2.03. The van der Waals surface area contributed by atoms with Crippen molar-refractivity contribution in [2.45, 2.75) is 31.5 Å². The van der Waals surface area contributed by atoms with Gasteiger partial charge in [-0.05, 0) is 31.4 Å². The number of rotatable bonds is 2. The normalized spacial score (nSPS) is 26.4. The van der Waals surface area contributed by atoms with E-state index in [0.717, 1.165) is 12.8 Å². The second-order valence-corrected chi connectivity index (χ2v) is 3.54. The molecule has 0 amide bonds. The van der Waals surface area contributed by atoms with E-state index < -0.39 is 12.1 Å². The van der Waals surface area contributed by atoms with E-state index in [2.05, 4.69) is 10.3 Å². The summed E-state index contributed by atoms with van der Waals surface area (Å²) in [7, 11) is 0. The number of nitrogens with one attached hydrogen (secondary N) is 1. The number of anilines is 1. The molecule has 2 nitrogen and oxygen atoms in total. The molecule has 0 aliphatic heterocycles. The summed E-state index contributed by atoms with van der Waals surface area (Å²) in [6.45, 7) is 0. The Morgan fingerprint density at radius 3 is 2.86 bits per heavy atom. The Labute approximate surface area is 81.4 Å². The Morgan fingerprint density at radius 1 is 1.36 bits per heavy atom. The maximum Gasteiger partial charge on any atom is 0.214 e. The van der Waals surface area contributed by atoms with Crippen molar-refractivity contribution < 1.29 is 8.78 Å². The Kier molecular flexibility index (Phi) is 2.61. The van der Waals surface area contributed by atoms with Gasteiger partial charge in [0, 0.05) is 0 Å². The number of pyridine rings is 1. The number of alkyl halides is 1. The van der Waals surface area contributed by atoms with E-state index in [9.17, 15) is 8.78 Å². The van der Waals surface area contributed by atoms with Gasteiger partial charge in [-0.3, -0.25) is 0 Å². The van der Waals surface area contributed by atoms with Crippen molar-refractivity contribution in [3.05, 3.63) is 24.1 Å². The molecule has 1 aromatic rings. The molecular formula is C10H12F2N2. The second-order valence-electron chi connectivity index (χ2n) is 3.54. The van der Waals surface area contributed by atoms with E-state index >= 15 is 0 Å². The molecule has 1 saturated carbocycles. The van der Waals surface area contributed by atoms with Gasteiger partial charge in [0.2, 0.25) is 5.95 Å². The molecule has 76 valence electrons. The molecule has 1 aliphatic rings. The first-order chi connectivity index (χ1) is 6.75. The molecule has 2 atom stereocenters. The fourth-order valence-corrected chi connectivity index (χ4v) is 1.76. The molecule has 1 heterocycles. The van der Waals surface area contributed by atoms with Gasteiger partial charge in [-0.15, -0.1) is 0 Å². The van der Waals surface area contributed by atoms with Gasteiger partial charge in [0.25, 0.3) is 0 Å². The highest BCUT2D eigenvalue weighted by molar-refractivity contribution is 5.35. The van der Waals surface area contributed by atoms with Crippen LogP contribution in [0, 0.1) is 5.95 Å². The van der Waals surface area contributed by atoms with Crippen LogP contribution in [0.3, 0.4) is 0 Å². The van der Waals surface area contributed by atoms with E-state index in [1.54, 1.807) is 12.1 Å². The highest BCUT2D eigenvalue weighted by Gasteiger charge is 2.26. The van der Waals surface area contributed by atoms with Crippen LogP contribution in [0.4, 0.5) is 14.6 Å². The number of nitrogens with zero attached hydrogens (tertiary/aromatic N) is 1. The standard InChI is InChI=1S/C10H12F2N2/c11-7-3-1-4-8(7)13-10-6-2-5-9(12)14-10/h2,5-8H,1,3-4H2,(H,13,14)/t7-,8+/m0/s1. The van der Waals surface area contributed by atoms with Gasteiger partial charge in [-0.2, -0.15) is 4.39 Å². The minimum Gasteiger partial charge on any atom is -0.364 e. The third-order valence-corrected chi connectivity index (χ3v) is 2.48. The Morgan fingerprint density at radius 2 is 2.21 bits per heavy atom. The van der Waals surface area contributed by atoms with Crippen LogP contribution in [-0.4, -0.2) is 17.2 Å². The molecule has 0 aromatic carbocycles. The van der Waals surface area contributed by atoms with Crippen LogP contribution in [0.2, 0.25) is 0 Å². The summed E-state index contributed by atoms with van der Waals surface area (Å²) in [4.78, 5) is 3.63. The van der Waals surface area contributed by atoms with Crippen LogP contribution in [0.25, 0.3) is 0 Å². The van der Waals surface area contributed by atoms with Crippen molar-refractivity contribution in [3.63, 3.8) is 0 Å². The topological polar surface area (TPSA) is 24.9 Å². The molecule has 1 aliphatic carbocycles. The van der Waals surface area contributed by atoms with E-state index in [4.69, 9.17) is 0 Å². The predicted octanol–water partition coefficient (Wildman–Crippen LogP) is 2.52. The van der Waals surface area contributed by atoms with Gasteiger partial charge >= 0.3 is 0 Å². The second kappa shape index (κ2) is 3.90. The van der Waals surface area contributed by atoms with Gasteiger partial charge in [-0.25, -0.2) is 9.37 Å². The fraction of sp³-hybridized carbons (Fsp3) is 0.500. The van der Waals surface area contributed by atoms with Crippen molar-refractivity contribution >= 4 is 5.82 Å². The Hall–Kier alpha value is -1.19. The van der Waals surface area contributed by atoms with Gasteiger partial charge < -0.3 is 5.32 Å². The van der Waals surface area contributed by atoms with Crippen molar-refractivity contribution in [1.82, 2.24) is 4.98 Å². The molecule has 1 fully saturated rings. The number of aromatic nitrogens is 1. The van der Waals surface area contributed by atoms with Gasteiger partial charge in [0.15, 0.2) is 0 Å². The van der Waals surface area contributed by atoms with Crippen LogP contribution >= 0.6 is 0 Å². The van der Waals surface area contributed by atoms with E-state index in [-0.39, 0.29) is 6.04 Å². The first kappa shape index (κ1) is 9.37. The van der Waals surface area contributed by atoms with Crippen LogP contribution < -0.4 is 5.32 Å². The molecule has 0 radical (unpaired) electrons. The zero-order valence-corrected chi connectivity index (χ0v) is 7.71. The molecule has 1 aromatic heterocycles. The maximum absolute atomic E-state index is 13.2. The first-order valence-electron chi connectivity index (χ1n) is 4.79. The maximum atomic E-state index is 13.2. The minimum absolute atomic E-state index is 0.204. The smallest absolute Gasteiger partial charge is 0.214 e. The zero-order chi connectivity index (χ0) is 9.97. The fourth-order valence-electron chi connectivity index (χ4n) is 1.76. The lowest BCUT2D eigenvalue weighted by Crippen LogP contribution is -2.25. The summed E-state index contributed by atoms with van der Waals surface area (Å²) >= 11 is 0. The summed E-state index contributed by atoms with van der Waals surface area (Å²) in [6, 6.07) is 4.28. The Bertz CT molecular complexity index is 317. The number of halogens is 2. The van der Waals surface area contributed by atoms with Crippen LogP contribution in [0.1, 0.15) is 19.3 Å². The monoisotopic (exact) mass is 198 g/mol. The van der Waals surface area contributed by atoms with Crippen LogP contribution in [-0.2, 0) is 0 Å². The molecule has 14 heavy (non-hydrogen) atoms. The summed E-state index contributed by atoms with van der Waals surface area (Å²) in [5.74, 6) is -0.122. The van der Waals surface area contributed by atoms with Gasteiger partial charge in [-0.1, -0.05) is 6.07 Å². The highest BCUT2D eigenvalue weighted by Crippen LogP contribution is 2.24. The summed E-state index contributed by atoms with van der Waals surface area (Å²) in [5.41, 5.74) is 0. The van der Waals surface area contributed by atoms with Crippen molar-refractivity contribution in [1.29, 1.82) is 0 Å². The molecule has 0 bridgehead atoms. The lowest BCUT2D eigenvalue weighted by molar-refractivity contribution is 0.323. The predicted molar refractivity (Wildman–Crippen MR) is 50.4 cm³/mol. The quantitative estimate of drug-likeness (QED) is 0.738. The van der Waals surface area contributed by atoms with Crippen molar-refractivity contribution in [2.24, 2.45) is 0 Å². The lowest BCUT2D eigenvalue weighted by Gasteiger charge is -2.15. The van der Waals surface area contributed by atoms with E-state index in [1.165, 1.54) is 6.07 Å². The number of hydrogen-bond donors (Lipinski definition) is 1. The minimum atomic E-state index is -0.833. The van der Waals surface area contributed by atoms with Gasteiger partial charge in [0.05, 0.1) is 6.04 Å². The summed E-state index contributed by atoms with van der Waals surface area (Å²) in [5, 5.41) is 2.91. The average molecular weight is 198 g/mol. The SMILES string of the molecule is Fc1cccc(N[C@@H]2CCC[C@@H]2F)n1. The summed E-state index contributed by atoms with van der Waals surface area (Å²) in [6.07, 6.45) is 1.43. The molecular weight excluding hydrogens is 186 g/mol. The molecule has 0 saturated heterocycles. The third-order valence-electron chi connectivity index (χ3n) is 2.48. The van der Waals surface area contributed by atoms with E-state index in [0.29, 0.717) is 12.2 Å². The van der Waals surface area contributed by atoms with Gasteiger partial charge in [0.1, 0.15) is 12.0 Å². The largest absolute Gasteiger partial charge is 0.364 e. The average Bonchev–Trinajstić information content (AvgIpc) is 2.52. The number of hydrogen-bond acceptors (Lipinski definition) is 2. The molecule has 1 N–H and O–H groups in total. The van der Waals surface area contributed by atoms with Crippen LogP contribution in [0.15, 0.2) is 18.2 Å². The summed E-state index contributed by atoms with van der Waals surface area (Å²) < 4.78 is 25.9. The first-order valence-corrected chi connectivity index (χ1v) is 4.79. The van der Waals surface area contributed by atoms with E-state index in [1.807, 2.05) is 0 Å². The lowest BCUT2D eigenvalue weighted by atomic mass is 10.2.